The first-order valence-electron chi connectivity index (χ1n) is 9.23. The van der Waals surface area contributed by atoms with E-state index in [4.69, 9.17) is 9.47 Å². The van der Waals surface area contributed by atoms with E-state index < -0.39 is 40.5 Å². The summed E-state index contributed by atoms with van der Waals surface area (Å²) in [7, 11) is 0. The molecule has 1 heterocycles. The molecule has 3 aromatic rings. The predicted molar refractivity (Wildman–Crippen MR) is 109 cm³/mol. The molecule has 0 unspecified atom stereocenters. The van der Waals surface area contributed by atoms with E-state index in [9.17, 15) is 45.6 Å². The fourth-order valence-electron chi connectivity index (χ4n) is 3.22. The summed E-state index contributed by atoms with van der Waals surface area (Å²) >= 11 is 0. The van der Waals surface area contributed by atoms with Gasteiger partial charge in [-0.2, -0.15) is 0 Å². The second-order valence-electron chi connectivity index (χ2n) is 7.09. The molecule has 11 heteroatoms. The number of carbonyl (C=O) groups is 1. The van der Waals surface area contributed by atoms with Crippen LogP contribution < -0.4 is 4.74 Å². The third-order valence-electron chi connectivity index (χ3n) is 4.83. The van der Waals surface area contributed by atoms with Crippen molar-refractivity contribution >= 4 is 11.7 Å². The van der Waals surface area contributed by atoms with Crippen molar-refractivity contribution in [2.24, 2.45) is 0 Å². The van der Waals surface area contributed by atoms with E-state index in [0.717, 1.165) is 30.3 Å². The van der Waals surface area contributed by atoms with E-state index in [1.165, 1.54) is 6.07 Å². The van der Waals surface area contributed by atoms with Gasteiger partial charge in [-0.05, 0) is 24.3 Å². The van der Waals surface area contributed by atoms with Gasteiger partial charge in [0.2, 0.25) is 0 Å². The van der Waals surface area contributed by atoms with Crippen LogP contribution >= 0.6 is 0 Å². The van der Waals surface area contributed by atoms with Gasteiger partial charge in [-0.15, -0.1) is 0 Å². The fourth-order valence-corrected chi connectivity index (χ4v) is 3.22. The number of esters is 1. The van der Waals surface area contributed by atoms with E-state index in [-0.39, 0.29) is 51.9 Å². The molecule has 0 saturated carbocycles. The van der Waals surface area contributed by atoms with E-state index in [1.54, 1.807) is 0 Å². The lowest BCUT2D eigenvalue weighted by Gasteiger charge is -2.24. The van der Waals surface area contributed by atoms with Crippen LogP contribution in [0.2, 0.25) is 0 Å². The Kier molecular flexibility index (Phi) is 4.93. The molecule has 8 N–H and O–H groups in total. The molecular weight excluding hydrogens is 440 g/mol. The molecule has 0 bridgehead atoms. The van der Waals surface area contributed by atoms with Gasteiger partial charge in [0.05, 0.1) is 5.56 Å². The van der Waals surface area contributed by atoms with Crippen molar-refractivity contribution in [3.8, 4) is 51.7 Å². The van der Waals surface area contributed by atoms with E-state index in [0.29, 0.717) is 0 Å². The summed E-state index contributed by atoms with van der Waals surface area (Å²) in [6.45, 7) is 0. The first kappa shape index (κ1) is 21.3. The van der Waals surface area contributed by atoms with Crippen LogP contribution in [-0.4, -0.2) is 46.8 Å². The molecule has 11 nitrogen and oxygen atoms in total. The number of aromatic hydroxyl groups is 8. The summed E-state index contributed by atoms with van der Waals surface area (Å²) in [5.74, 6) is -6.80. The maximum Gasteiger partial charge on any atom is 0.343 e. The average Bonchev–Trinajstić information content (AvgIpc) is 2.75. The van der Waals surface area contributed by atoms with Gasteiger partial charge in [0.15, 0.2) is 46.0 Å². The van der Waals surface area contributed by atoms with Crippen LogP contribution in [0, 0.1) is 0 Å². The zero-order chi connectivity index (χ0) is 24.0. The second kappa shape index (κ2) is 7.64. The molecule has 0 fully saturated rings. The number of rotatable bonds is 3. The monoisotopic (exact) mass is 456 g/mol. The number of phenols is 8. The quantitative estimate of drug-likeness (QED) is 0.213. The maximum atomic E-state index is 12.7. The average molecular weight is 456 g/mol. The van der Waals surface area contributed by atoms with Gasteiger partial charge in [0, 0.05) is 29.7 Å². The second-order valence-corrected chi connectivity index (χ2v) is 7.09. The Morgan fingerprint density at radius 2 is 1.27 bits per heavy atom. The van der Waals surface area contributed by atoms with Gasteiger partial charge >= 0.3 is 5.97 Å². The largest absolute Gasteiger partial charge is 0.508 e. The van der Waals surface area contributed by atoms with Crippen LogP contribution in [0.1, 0.15) is 21.5 Å². The number of phenolic OH excluding ortho intramolecular Hbond substituents is 8. The highest BCUT2D eigenvalue weighted by Crippen LogP contribution is 2.45. The lowest BCUT2D eigenvalue weighted by atomic mass is 10.0. The molecule has 0 saturated heterocycles. The molecule has 1 aliphatic rings. The van der Waals surface area contributed by atoms with E-state index >= 15 is 0 Å². The molecule has 4 rings (SSSR count). The van der Waals surface area contributed by atoms with Crippen LogP contribution in [0.15, 0.2) is 42.2 Å². The first-order valence-corrected chi connectivity index (χ1v) is 9.23. The van der Waals surface area contributed by atoms with Crippen LogP contribution in [0.5, 0.6) is 51.7 Å². The van der Waals surface area contributed by atoms with Crippen molar-refractivity contribution in [2.75, 3.05) is 0 Å². The van der Waals surface area contributed by atoms with Crippen molar-refractivity contribution in [2.45, 2.75) is 6.42 Å². The van der Waals surface area contributed by atoms with Gasteiger partial charge in [-0.1, -0.05) is 0 Å². The molecule has 1 aliphatic heterocycles. The van der Waals surface area contributed by atoms with Crippen LogP contribution in [-0.2, 0) is 11.2 Å². The molecule has 0 aliphatic carbocycles. The summed E-state index contributed by atoms with van der Waals surface area (Å²) in [6.07, 6.45) is -0.249. The molecule has 0 spiro atoms. The van der Waals surface area contributed by atoms with Gasteiger partial charge < -0.3 is 50.3 Å². The van der Waals surface area contributed by atoms with Gasteiger partial charge in [0.25, 0.3) is 0 Å². The Morgan fingerprint density at radius 3 is 1.85 bits per heavy atom. The molecule has 0 radical (unpaired) electrons. The normalized spacial score (nSPS) is 12.7. The Labute approximate surface area is 184 Å². The Hall–Kier alpha value is -4.93. The number of ether oxygens (including phenoxy) is 2. The molecule has 33 heavy (non-hydrogen) atoms. The summed E-state index contributed by atoms with van der Waals surface area (Å²) in [5.41, 5.74) is -0.231. The van der Waals surface area contributed by atoms with Crippen molar-refractivity contribution in [3.63, 3.8) is 0 Å². The van der Waals surface area contributed by atoms with Gasteiger partial charge in [-0.25, -0.2) is 4.79 Å². The van der Waals surface area contributed by atoms with Crippen molar-refractivity contribution in [1.29, 1.82) is 0 Å². The van der Waals surface area contributed by atoms with Crippen molar-refractivity contribution < 1.29 is 55.1 Å². The minimum absolute atomic E-state index is 0.00530. The summed E-state index contributed by atoms with van der Waals surface area (Å²) in [6, 6.07) is 5.96. The van der Waals surface area contributed by atoms with E-state index in [1.807, 2.05) is 0 Å². The summed E-state index contributed by atoms with van der Waals surface area (Å²) < 4.78 is 11.0. The number of benzene rings is 3. The number of hydrogen-bond donors (Lipinski definition) is 8. The smallest absolute Gasteiger partial charge is 0.343 e. The third kappa shape index (κ3) is 3.78. The lowest BCUT2D eigenvalue weighted by Crippen LogP contribution is -2.15. The zero-order valence-electron chi connectivity index (χ0n) is 16.5. The molecule has 0 amide bonds. The fraction of sp³-hybridized carbons (Fsp3) is 0.0455. The van der Waals surface area contributed by atoms with Crippen molar-refractivity contribution in [3.05, 3.63) is 58.8 Å². The number of carbonyl (C=O) groups excluding carboxylic acids is 1. The lowest BCUT2D eigenvalue weighted by molar-refractivity contribution is 0.0609. The minimum atomic E-state index is -1.09. The van der Waals surface area contributed by atoms with E-state index in [2.05, 4.69) is 0 Å². The SMILES string of the molecule is O=C(OC1=C(c2cc(O)c(O)c(O)c2)Oc2cc(O)cc(O)c2C1)c1cc(O)c(O)c(O)c1. The number of fused-ring (bicyclic) bond motifs is 1. The van der Waals surface area contributed by atoms with Gasteiger partial charge in [0.1, 0.15) is 17.2 Å². The van der Waals surface area contributed by atoms with Crippen LogP contribution in [0.25, 0.3) is 5.76 Å². The highest BCUT2D eigenvalue weighted by Gasteiger charge is 2.29. The highest BCUT2D eigenvalue weighted by molar-refractivity contribution is 5.92. The Bertz CT molecular complexity index is 1290. The van der Waals surface area contributed by atoms with Crippen molar-refractivity contribution in [1.82, 2.24) is 0 Å². The number of hydrogen-bond acceptors (Lipinski definition) is 11. The predicted octanol–water partition coefficient (Wildman–Crippen LogP) is 2.49. The minimum Gasteiger partial charge on any atom is -0.508 e. The van der Waals surface area contributed by atoms with Crippen LogP contribution in [0.3, 0.4) is 0 Å². The Morgan fingerprint density at radius 1 is 0.727 bits per heavy atom. The summed E-state index contributed by atoms with van der Waals surface area (Å²) in [4.78, 5) is 12.7. The Balaban J connectivity index is 1.82. The van der Waals surface area contributed by atoms with Crippen LogP contribution in [0.4, 0.5) is 0 Å². The zero-order valence-corrected chi connectivity index (χ0v) is 16.5. The maximum absolute atomic E-state index is 12.7. The standard InChI is InChI=1S/C22H16O11/c23-10-5-12(24)11-7-18(33-22(31)9-3-15(27)20(30)16(28)4-9)21(32-17(11)6-10)8-1-13(25)19(29)14(26)2-8/h1-6,23-30H,7H2. The highest BCUT2D eigenvalue weighted by atomic mass is 16.6. The number of allylic oxidation sites excluding steroid dienone is 1. The third-order valence-corrected chi connectivity index (χ3v) is 4.83. The molecule has 0 aromatic heterocycles. The summed E-state index contributed by atoms with van der Waals surface area (Å²) in [5, 5.41) is 78.1. The molecular formula is C22H16O11. The topological polar surface area (TPSA) is 197 Å². The van der Waals surface area contributed by atoms with Gasteiger partial charge in [-0.3, -0.25) is 0 Å². The molecule has 170 valence electrons. The molecule has 3 aromatic carbocycles. The first-order chi connectivity index (χ1) is 15.5. The molecule has 0 atom stereocenters.